The predicted octanol–water partition coefficient (Wildman–Crippen LogP) is 4.87. The second-order valence-electron chi connectivity index (χ2n) is 7.77. The van der Waals surface area contributed by atoms with Gasteiger partial charge in [-0.25, -0.2) is 0 Å². The third-order valence-electron chi connectivity index (χ3n) is 6.11. The fourth-order valence-corrected chi connectivity index (χ4v) is 4.65. The van der Waals surface area contributed by atoms with Gasteiger partial charge in [0.15, 0.2) is 11.6 Å². The lowest BCUT2D eigenvalue weighted by molar-refractivity contribution is 0.101. The fourth-order valence-electron chi connectivity index (χ4n) is 4.65. The minimum atomic E-state index is -0.135. The summed E-state index contributed by atoms with van der Waals surface area (Å²) in [5.41, 5.74) is 9.75. The lowest BCUT2D eigenvalue weighted by atomic mass is 9.94. The van der Waals surface area contributed by atoms with Gasteiger partial charge in [0.05, 0.1) is 6.26 Å². The van der Waals surface area contributed by atoms with E-state index in [1.54, 1.807) is 18.2 Å². The molecule has 4 heterocycles. The zero-order valence-electron chi connectivity index (χ0n) is 15.8. The molecule has 1 saturated heterocycles. The average molecular weight is 376 g/mol. The third kappa shape index (κ3) is 2.96. The number of nitrogens with two attached hydrogens (primary N) is 1. The summed E-state index contributed by atoms with van der Waals surface area (Å²) >= 11 is 0. The van der Waals surface area contributed by atoms with E-state index in [1.165, 1.54) is 37.6 Å². The van der Waals surface area contributed by atoms with Crippen LogP contribution in [0.3, 0.4) is 0 Å². The highest BCUT2D eigenvalue weighted by Gasteiger charge is 2.26. The van der Waals surface area contributed by atoms with Gasteiger partial charge in [-0.1, -0.05) is 12.5 Å². The topological polar surface area (TPSA) is 72.6 Å². The number of nitrogens with zero attached hydrogens (tertiary/aromatic N) is 1. The molecular formula is C23H24N2O3. The van der Waals surface area contributed by atoms with E-state index < -0.39 is 0 Å². The van der Waals surface area contributed by atoms with Crippen LogP contribution in [0.1, 0.15) is 53.8 Å². The predicted molar refractivity (Wildman–Crippen MR) is 109 cm³/mol. The number of carbonyl (C=O) groups is 1. The van der Waals surface area contributed by atoms with Gasteiger partial charge < -0.3 is 14.6 Å². The van der Waals surface area contributed by atoms with Crippen LogP contribution in [-0.2, 0) is 0 Å². The van der Waals surface area contributed by atoms with Crippen molar-refractivity contribution in [2.45, 2.75) is 38.1 Å². The van der Waals surface area contributed by atoms with Gasteiger partial charge in [-0.3, -0.25) is 9.69 Å². The molecule has 3 aromatic rings. The maximum atomic E-state index is 12.7. The fraction of sp³-hybridized carbons (Fsp3) is 0.348. The van der Waals surface area contributed by atoms with Crippen molar-refractivity contribution in [3.8, 4) is 0 Å². The van der Waals surface area contributed by atoms with Gasteiger partial charge in [0.25, 0.3) is 0 Å². The van der Waals surface area contributed by atoms with E-state index >= 15 is 0 Å². The maximum Gasteiger partial charge on any atom is 0.228 e. The monoisotopic (exact) mass is 376 g/mol. The minimum Gasteiger partial charge on any atom is -0.461 e. The maximum absolute atomic E-state index is 12.7. The zero-order valence-corrected chi connectivity index (χ0v) is 15.8. The summed E-state index contributed by atoms with van der Waals surface area (Å²) < 4.78 is 11.1. The number of hydrogen-bond donors (Lipinski definition) is 1. The number of allylic oxidation sites excluding steroid dienone is 1. The summed E-state index contributed by atoms with van der Waals surface area (Å²) in [6, 6.07) is 9.54. The van der Waals surface area contributed by atoms with E-state index in [4.69, 9.17) is 14.6 Å². The number of carbonyl (C=O) groups excluding carboxylic acids is 1. The first-order chi connectivity index (χ1) is 13.7. The molecule has 5 rings (SSSR count). The molecule has 0 amide bonds. The Morgan fingerprint density at radius 2 is 2.11 bits per heavy atom. The second-order valence-corrected chi connectivity index (χ2v) is 7.77. The Hall–Kier alpha value is -2.79. The molecule has 0 spiro atoms. The van der Waals surface area contributed by atoms with E-state index in [-0.39, 0.29) is 5.78 Å². The van der Waals surface area contributed by atoms with E-state index in [0.29, 0.717) is 28.8 Å². The minimum absolute atomic E-state index is 0.135. The van der Waals surface area contributed by atoms with E-state index in [1.807, 2.05) is 12.1 Å². The Morgan fingerprint density at radius 1 is 1.18 bits per heavy atom. The number of nitrogen functional groups attached to an aromatic ring is 1. The lowest BCUT2D eigenvalue weighted by Crippen LogP contribution is -2.38. The molecular weight excluding hydrogens is 352 g/mol. The lowest BCUT2D eigenvalue weighted by Gasteiger charge is -2.33. The van der Waals surface area contributed by atoms with E-state index in [0.717, 1.165) is 30.3 Å². The van der Waals surface area contributed by atoms with Gasteiger partial charge in [-0.15, -0.1) is 0 Å². The highest BCUT2D eigenvalue weighted by Crippen LogP contribution is 2.38. The number of hydrogen-bond acceptors (Lipinski definition) is 5. The molecule has 5 heteroatoms. The molecule has 1 atom stereocenters. The number of fused-ring (bicyclic) bond motifs is 2. The molecule has 2 aliphatic rings. The largest absolute Gasteiger partial charge is 0.461 e. The Balaban J connectivity index is 1.53. The number of anilines is 1. The molecule has 0 radical (unpaired) electrons. The van der Waals surface area contributed by atoms with Crippen molar-refractivity contribution in [2.24, 2.45) is 0 Å². The van der Waals surface area contributed by atoms with Crippen molar-refractivity contribution in [1.29, 1.82) is 0 Å². The molecule has 2 aliphatic heterocycles. The second kappa shape index (κ2) is 6.99. The number of piperidine rings is 1. The molecule has 1 fully saturated rings. The van der Waals surface area contributed by atoms with E-state index in [2.05, 4.69) is 11.0 Å². The molecule has 0 aliphatic carbocycles. The molecule has 1 unspecified atom stereocenters. The van der Waals surface area contributed by atoms with Crippen molar-refractivity contribution < 1.29 is 13.6 Å². The number of furan rings is 2. The van der Waals surface area contributed by atoms with Crippen LogP contribution in [0.15, 0.2) is 51.5 Å². The molecule has 2 N–H and O–H groups in total. The van der Waals surface area contributed by atoms with Crippen LogP contribution in [0.5, 0.6) is 0 Å². The summed E-state index contributed by atoms with van der Waals surface area (Å²) in [6.07, 6.45) is 9.83. The van der Waals surface area contributed by atoms with Gasteiger partial charge in [0.2, 0.25) is 5.78 Å². The number of rotatable bonds is 3. The smallest absolute Gasteiger partial charge is 0.228 e. The first-order valence-electron chi connectivity index (χ1n) is 10.0. The summed E-state index contributed by atoms with van der Waals surface area (Å²) in [7, 11) is 0. The first kappa shape index (κ1) is 17.3. The SMILES string of the molecule is Nc1oc2ccc(C(=O)c3ccco3)cc2c1C1=CCN2CCCCC2CC1. The Morgan fingerprint density at radius 3 is 2.96 bits per heavy atom. The summed E-state index contributed by atoms with van der Waals surface area (Å²) in [6.45, 7) is 2.13. The summed E-state index contributed by atoms with van der Waals surface area (Å²) in [5.74, 6) is 0.635. The molecule has 28 heavy (non-hydrogen) atoms. The highest BCUT2D eigenvalue weighted by molar-refractivity contribution is 6.10. The Bertz CT molecular complexity index is 1050. The van der Waals surface area contributed by atoms with Gasteiger partial charge >= 0.3 is 0 Å². The van der Waals surface area contributed by atoms with Crippen LogP contribution < -0.4 is 5.73 Å². The Labute approximate surface area is 163 Å². The molecule has 0 bridgehead atoms. The normalized spacial score (nSPS) is 20.6. The summed E-state index contributed by atoms with van der Waals surface area (Å²) in [4.78, 5) is 15.3. The van der Waals surface area contributed by atoms with E-state index in [9.17, 15) is 4.79 Å². The highest BCUT2D eigenvalue weighted by atomic mass is 16.3. The standard InChI is InChI=1S/C23H24N2O3/c24-23-21(15-6-8-17-4-1-2-11-25(17)12-10-15)18-14-16(7-9-19(18)28-23)22(26)20-5-3-13-27-20/h3,5,7,9-10,13-14,17H,1-2,4,6,8,11-12,24H2. The van der Waals surface area contributed by atoms with Crippen molar-refractivity contribution >= 4 is 28.2 Å². The quantitative estimate of drug-likeness (QED) is 0.660. The molecule has 1 aromatic carbocycles. The van der Waals surface area contributed by atoms with Crippen LogP contribution in [0.2, 0.25) is 0 Å². The molecule has 2 aromatic heterocycles. The van der Waals surface area contributed by atoms with Gasteiger partial charge in [-0.2, -0.15) is 0 Å². The first-order valence-corrected chi connectivity index (χ1v) is 10.0. The molecule has 144 valence electrons. The van der Waals surface area contributed by atoms with Gasteiger partial charge in [0, 0.05) is 29.1 Å². The van der Waals surface area contributed by atoms with Gasteiger partial charge in [0.1, 0.15) is 5.58 Å². The summed E-state index contributed by atoms with van der Waals surface area (Å²) in [5, 5.41) is 0.904. The van der Waals surface area contributed by atoms with Crippen molar-refractivity contribution in [3.05, 3.63) is 59.6 Å². The van der Waals surface area contributed by atoms with Gasteiger partial charge in [-0.05, 0) is 68.1 Å². The Kier molecular flexibility index (Phi) is 4.32. The van der Waals surface area contributed by atoms with Crippen LogP contribution >= 0.6 is 0 Å². The van der Waals surface area contributed by atoms with Crippen molar-refractivity contribution in [2.75, 3.05) is 18.8 Å². The zero-order chi connectivity index (χ0) is 19.1. The van der Waals surface area contributed by atoms with Crippen molar-refractivity contribution in [1.82, 2.24) is 4.90 Å². The van der Waals surface area contributed by atoms with Crippen LogP contribution in [0.25, 0.3) is 16.5 Å². The molecule has 0 saturated carbocycles. The number of benzene rings is 1. The van der Waals surface area contributed by atoms with Crippen LogP contribution in [-0.4, -0.2) is 29.8 Å². The molecule has 5 nitrogen and oxygen atoms in total. The van der Waals surface area contributed by atoms with Crippen molar-refractivity contribution in [3.63, 3.8) is 0 Å². The third-order valence-corrected chi connectivity index (χ3v) is 6.11. The number of ketones is 1. The van der Waals surface area contributed by atoms with Crippen LogP contribution in [0.4, 0.5) is 5.88 Å². The average Bonchev–Trinajstić information content (AvgIpc) is 3.30. The van der Waals surface area contributed by atoms with Crippen LogP contribution in [0, 0.1) is 0 Å².